The maximum Gasteiger partial charge on any atom is 0.0597 e. The lowest BCUT2D eigenvalue weighted by Crippen LogP contribution is -2.07. The zero-order valence-corrected chi connectivity index (χ0v) is 12.2. The van der Waals surface area contributed by atoms with E-state index in [0.717, 1.165) is 30.9 Å². The highest BCUT2D eigenvalue weighted by molar-refractivity contribution is 6.17. The third kappa shape index (κ3) is 3.74. The van der Waals surface area contributed by atoms with E-state index in [9.17, 15) is 0 Å². The average molecular weight is 278 g/mol. The highest BCUT2D eigenvalue weighted by Crippen LogP contribution is 2.12. The fraction of sp³-hybridized carbons (Fsp3) is 0.400. The topological polar surface area (TPSA) is 29.9 Å². The van der Waals surface area contributed by atoms with Gasteiger partial charge in [-0.15, -0.1) is 11.6 Å². The minimum Gasteiger partial charge on any atom is -0.379 e. The van der Waals surface area contributed by atoms with Gasteiger partial charge in [-0.2, -0.15) is 5.10 Å². The van der Waals surface area contributed by atoms with Crippen molar-refractivity contribution in [1.82, 2.24) is 9.78 Å². The van der Waals surface area contributed by atoms with Crippen LogP contribution in [0.2, 0.25) is 0 Å². The molecule has 1 aromatic heterocycles. The van der Waals surface area contributed by atoms with Gasteiger partial charge < -0.3 is 5.32 Å². The number of hydrogen-bond donors (Lipinski definition) is 1. The standard InChI is InChI=1S/C15H20ClN3/c1-3-19-15(10-12(2)18-19)11-17-14-6-4-13(5-7-14)8-9-16/h4-7,10,17H,3,8-9,11H2,1-2H3. The maximum absolute atomic E-state index is 5.73. The predicted molar refractivity (Wildman–Crippen MR) is 80.8 cm³/mol. The first-order chi connectivity index (χ1) is 9.22. The molecule has 0 atom stereocenters. The van der Waals surface area contributed by atoms with Crippen molar-refractivity contribution in [1.29, 1.82) is 0 Å². The summed E-state index contributed by atoms with van der Waals surface area (Å²) in [6.07, 6.45) is 0.920. The Hall–Kier alpha value is -1.48. The van der Waals surface area contributed by atoms with Crippen LogP contribution in [-0.4, -0.2) is 15.7 Å². The van der Waals surface area contributed by atoms with Crippen molar-refractivity contribution in [3.05, 3.63) is 47.3 Å². The summed E-state index contributed by atoms with van der Waals surface area (Å²) in [5.41, 5.74) is 4.68. The molecule has 0 bridgehead atoms. The normalized spacial score (nSPS) is 10.7. The molecule has 0 aliphatic carbocycles. The fourth-order valence-corrected chi connectivity index (χ4v) is 2.32. The van der Waals surface area contributed by atoms with Gasteiger partial charge in [0.2, 0.25) is 0 Å². The molecule has 3 nitrogen and oxygen atoms in total. The summed E-state index contributed by atoms with van der Waals surface area (Å²) >= 11 is 5.73. The Labute approximate surface area is 119 Å². The number of rotatable bonds is 6. The molecular formula is C15H20ClN3. The molecule has 4 heteroatoms. The van der Waals surface area contributed by atoms with E-state index in [1.165, 1.54) is 11.3 Å². The summed E-state index contributed by atoms with van der Waals surface area (Å²) in [7, 11) is 0. The average Bonchev–Trinajstić information content (AvgIpc) is 2.79. The van der Waals surface area contributed by atoms with Gasteiger partial charge in [0, 0.05) is 18.1 Å². The van der Waals surface area contributed by atoms with E-state index < -0.39 is 0 Å². The Bertz CT molecular complexity index is 517. The van der Waals surface area contributed by atoms with E-state index in [1.54, 1.807) is 0 Å². The molecule has 1 N–H and O–H groups in total. The van der Waals surface area contributed by atoms with Gasteiger partial charge in [0.25, 0.3) is 0 Å². The van der Waals surface area contributed by atoms with Crippen LogP contribution in [-0.2, 0) is 19.5 Å². The van der Waals surface area contributed by atoms with E-state index in [1.807, 2.05) is 11.6 Å². The first-order valence-electron chi connectivity index (χ1n) is 6.65. The molecule has 0 spiro atoms. The monoisotopic (exact) mass is 277 g/mol. The minimum absolute atomic E-state index is 0.668. The molecular weight excluding hydrogens is 258 g/mol. The summed E-state index contributed by atoms with van der Waals surface area (Å²) in [6, 6.07) is 10.6. The van der Waals surface area contributed by atoms with Crippen molar-refractivity contribution in [2.75, 3.05) is 11.2 Å². The lowest BCUT2D eigenvalue weighted by atomic mass is 10.1. The Morgan fingerprint density at radius 1 is 1.26 bits per heavy atom. The quantitative estimate of drug-likeness (QED) is 0.818. The smallest absolute Gasteiger partial charge is 0.0597 e. The SMILES string of the molecule is CCn1nc(C)cc1CNc1ccc(CCCl)cc1. The van der Waals surface area contributed by atoms with Gasteiger partial charge in [-0.05, 0) is 44.0 Å². The number of alkyl halides is 1. The first kappa shape index (κ1) is 13.9. The molecule has 2 rings (SSSR count). The molecule has 2 aromatic rings. The predicted octanol–water partition coefficient (Wildman–Crippen LogP) is 3.60. The molecule has 0 unspecified atom stereocenters. The van der Waals surface area contributed by atoms with Crippen LogP contribution in [0.5, 0.6) is 0 Å². The highest BCUT2D eigenvalue weighted by Gasteiger charge is 2.03. The van der Waals surface area contributed by atoms with Gasteiger partial charge >= 0.3 is 0 Å². The van der Waals surface area contributed by atoms with Crippen LogP contribution in [0.25, 0.3) is 0 Å². The fourth-order valence-electron chi connectivity index (χ4n) is 2.11. The third-order valence-corrected chi connectivity index (χ3v) is 3.28. The van der Waals surface area contributed by atoms with Crippen LogP contribution in [0.4, 0.5) is 5.69 Å². The molecule has 0 aliphatic rings. The van der Waals surface area contributed by atoms with Gasteiger partial charge in [0.1, 0.15) is 0 Å². The van der Waals surface area contributed by atoms with E-state index >= 15 is 0 Å². The van der Waals surface area contributed by atoms with Crippen LogP contribution in [0.1, 0.15) is 23.9 Å². The lowest BCUT2D eigenvalue weighted by molar-refractivity contribution is 0.623. The van der Waals surface area contributed by atoms with Gasteiger partial charge in [0.15, 0.2) is 0 Å². The lowest BCUT2D eigenvalue weighted by Gasteiger charge is -2.08. The molecule has 0 amide bonds. The second-order valence-corrected chi connectivity index (χ2v) is 4.96. The summed E-state index contributed by atoms with van der Waals surface area (Å²) in [5, 5.41) is 7.87. The summed E-state index contributed by atoms with van der Waals surface area (Å²) in [4.78, 5) is 0. The summed E-state index contributed by atoms with van der Waals surface area (Å²) in [6.45, 7) is 5.83. The number of nitrogens with zero attached hydrogens (tertiary/aromatic N) is 2. The van der Waals surface area contributed by atoms with Crippen LogP contribution in [0, 0.1) is 6.92 Å². The van der Waals surface area contributed by atoms with Gasteiger partial charge in [0.05, 0.1) is 17.9 Å². The second kappa shape index (κ2) is 6.62. The van der Waals surface area contributed by atoms with Gasteiger partial charge in [-0.3, -0.25) is 4.68 Å². The number of aryl methyl sites for hydroxylation is 3. The van der Waals surface area contributed by atoms with E-state index in [-0.39, 0.29) is 0 Å². The Kier molecular flexibility index (Phi) is 4.86. The maximum atomic E-state index is 5.73. The van der Waals surface area contributed by atoms with E-state index in [2.05, 4.69) is 47.7 Å². The molecule has 102 valence electrons. The summed E-state index contributed by atoms with van der Waals surface area (Å²) in [5.74, 6) is 0.668. The highest BCUT2D eigenvalue weighted by atomic mass is 35.5. The molecule has 0 aliphatic heterocycles. The van der Waals surface area contributed by atoms with Crippen LogP contribution >= 0.6 is 11.6 Å². The number of aromatic nitrogens is 2. The Morgan fingerprint density at radius 3 is 2.63 bits per heavy atom. The van der Waals surface area contributed by atoms with Crippen molar-refractivity contribution in [2.24, 2.45) is 0 Å². The summed E-state index contributed by atoms with van der Waals surface area (Å²) < 4.78 is 2.03. The van der Waals surface area contributed by atoms with Gasteiger partial charge in [-0.25, -0.2) is 0 Å². The zero-order chi connectivity index (χ0) is 13.7. The second-order valence-electron chi connectivity index (χ2n) is 4.58. The van der Waals surface area contributed by atoms with Crippen molar-refractivity contribution in [3.8, 4) is 0 Å². The minimum atomic E-state index is 0.668. The third-order valence-electron chi connectivity index (χ3n) is 3.10. The molecule has 0 radical (unpaired) electrons. The van der Waals surface area contributed by atoms with Crippen LogP contribution in [0.3, 0.4) is 0 Å². The van der Waals surface area contributed by atoms with Crippen LogP contribution < -0.4 is 5.32 Å². The largest absolute Gasteiger partial charge is 0.379 e. The number of benzene rings is 1. The van der Waals surface area contributed by atoms with E-state index in [4.69, 9.17) is 11.6 Å². The molecule has 1 aromatic carbocycles. The zero-order valence-electron chi connectivity index (χ0n) is 11.5. The first-order valence-corrected chi connectivity index (χ1v) is 7.18. The molecule has 0 fully saturated rings. The molecule has 0 saturated heterocycles. The molecule has 1 heterocycles. The Balaban J connectivity index is 1.97. The van der Waals surface area contributed by atoms with Crippen molar-refractivity contribution in [2.45, 2.75) is 33.4 Å². The molecule has 0 saturated carbocycles. The number of anilines is 1. The van der Waals surface area contributed by atoms with Crippen molar-refractivity contribution in [3.63, 3.8) is 0 Å². The number of halogens is 1. The Morgan fingerprint density at radius 2 is 2.00 bits per heavy atom. The number of hydrogen-bond acceptors (Lipinski definition) is 2. The van der Waals surface area contributed by atoms with Gasteiger partial charge in [-0.1, -0.05) is 12.1 Å². The van der Waals surface area contributed by atoms with Crippen molar-refractivity contribution < 1.29 is 0 Å². The van der Waals surface area contributed by atoms with Crippen molar-refractivity contribution >= 4 is 17.3 Å². The van der Waals surface area contributed by atoms with E-state index in [0.29, 0.717) is 5.88 Å². The van der Waals surface area contributed by atoms with Crippen LogP contribution in [0.15, 0.2) is 30.3 Å². The molecule has 19 heavy (non-hydrogen) atoms. The number of nitrogens with one attached hydrogen (secondary N) is 1.